The van der Waals surface area contributed by atoms with Crippen LogP contribution in [0.3, 0.4) is 0 Å². The first-order valence-electron chi connectivity index (χ1n) is 11.7. The molecule has 2 N–H and O–H groups in total. The van der Waals surface area contributed by atoms with E-state index in [0.717, 1.165) is 36.9 Å². The SMILES string of the molecule is Cc1c(C#N)c(NC(=O)COC(=O)[C@@H](NC(=O)c2ccccc2)C(C)C)n(C2CCCC2)c1C. The van der Waals surface area contributed by atoms with Gasteiger partial charge in [-0.25, -0.2) is 4.79 Å². The number of hydrogen-bond donors (Lipinski definition) is 2. The van der Waals surface area contributed by atoms with Crippen LogP contribution in [-0.4, -0.2) is 35.0 Å². The average molecular weight is 465 g/mol. The standard InChI is InChI=1S/C26H32N4O4/c1-16(2)23(29-25(32)19-10-6-5-7-11-19)26(33)34-15-22(31)28-24-21(14-27)17(3)18(4)30(24)20-12-8-9-13-20/h5-7,10-11,16,20,23H,8-9,12-13,15H2,1-4H3,(H,28,31)(H,29,32)/t23-/m0/s1. The van der Waals surface area contributed by atoms with Crippen LogP contribution in [0.2, 0.25) is 0 Å². The molecule has 1 aromatic heterocycles. The number of hydrogen-bond acceptors (Lipinski definition) is 5. The van der Waals surface area contributed by atoms with Gasteiger partial charge in [-0.1, -0.05) is 44.9 Å². The van der Waals surface area contributed by atoms with Gasteiger partial charge in [0, 0.05) is 17.3 Å². The molecule has 3 rings (SSSR count). The first-order chi connectivity index (χ1) is 16.2. The molecule has 1 heterocycles. The molecule has 0 radical (unpaired) electrons. The number of rotatable bonds is 8. The number of benzene rings is 1. The second-order valence-corrected chi connectivity index (χ2v) is 9.07. The maximum absolute atomic E-state index is 12.7. The summed E-state index contributed by atoms with van der Waals surface area (Å²) >= 11 is 0. The summed E-state index contributed by atoms with van der Waals surface area (Å²) in [4.78, 5) is 37.9. The topological polar surface area (TPSA) is 113 Å². The number of nitriles is 1. The number of carbonyl (C=O) groups is 3. The lowest BCUT2D eigenvalue weighted by atomic mass is 10.0. The molecule has 1 saturated carbocycles. The minimum absolute atomic E-state index is 0.233. The summed E-state index contributed by atoms with van der Waals surface area (Å²) in [5.74, 6) is -1.38. The Morgan fingerprint density at radius 1 is 1.15 bits per heavy atom. The molecule has 1 atom stereocenters. The van der Waals surface area contributed by atoms with Crippen LogP contribution in [0, 0.1) is 31.1 Å². The van der Waals surface area contributed by atoms with E-state index in [1.807, 2.05) is 18.4 Å². The molecule has 2 aromatic rings. The van der Waals surface area contributed by atoms with Crippen molar-refractivity contribution in [2.45, 2.75) is 65.5 Å². The van der Waals surface area contributed by atoms with Crippen LogP contribution in [0.4, 0.5) is 5.82 Å². The molecule has 1 aromatic carbocycles. The molecular formula is C26H32N4O4. The van der Waals surface area contributed by atoms with Gasteiger partial charge in [0.2, 0.25) is 0 Å². The fourth-order valence-electron chi connectivity index (χ4n) is 4.41. The molecule has 180 valence electrons. The van der Waals surface area contributed by atoms with Crippen molar-refractivity contribution in [3.63, 3.8) is 0 Å². The molecule has 1 aliphatic rings. The van der Waals surface area contributed by atoms with Crippen molar-refractivity contribution in [3.05, 3.63) is 52.7 Å². The molecule has 0 bridgehead atoms. The Morgan fingerprint density at radius 3 is 2.38 bits per heavy atom. The Balaban J connectivity index is 1.67. The van der Waals surface area contributed by atoms with E-state index < -0.39 is 24.5 Å². The van der Waals surface area contributed by atoms with Gasteiger partial charge >= 0.3 is 5.97 Å². The van der Waals surface area contributed by atoms with Gasteiger partial charge in [0.1, 0.15) is 17.9 Å². The Hall–Kier alpha value is -3.60. The fraction of sp³-hybridized carbons (Fsp3) is 0.462. The zero-order valence-electron chi connectivity index (χ0n) is 20.2. The molecule has 0 spiro atoms. The van der Waals surface area contributed by atoms with E-state index in [9.17, 15) is 19.6 Å². The quantitative estimate of drug-likeness (QED) is 0.573. The van der Waals surface area contributed by atoms with Crippen LogP contribution in [0.15, 0.2) is 30.3 Å². The zero-order chi connectivity index (χ0) is 24.8. The van der Waals surface area contributed by atoms with E-state index in [1.54, 1.807) is 44.2 Å². The molecule has 0 aliphatic heterocycles. The van der Waals surface area contributed by atoms with Gasteiger partial charge in [0.25, 0.3) is 11.8 Å². The highest BCUT2D eigenvalue weighted by Crippen LogP contribution is 2.37. The number of ether oxygens (including phenoxy) is 1. The van der Waals surface area contributed by atoms with Crippen LogP contribution < -0.4 is 10.6 Å². The van der Waals surface area contributed by atoms with Crippen LogP contribution in [-0.2, 0) is 14.3 Å². The number of nitrogens with one attached hydrogen (secondary N) is 2. The van der Waals surface area contributed by atoms with E-state index in [4.69, 9.17) is 4.74 Å². The van der Waals surface area contributed by atoms with Crippen molar-refractivity contribution in [1.82, 2.24) is 9.88 Å². The third-order valence-electron chi connectivity index (χ3n) is 6.40. The lowest BCUT2D eigenvalue weighted by Gasteiger charge is -2.21. The lowest BCUT2D eigenvalue weighted by Crippen LogP contribution is -2.46. The Kier molecular flexibility index (Phi) is 8.11. The van der Waals surface area contributed by atoms with Gasteiger partial charge in [-0.2, -0.15) is 5.26 Å². The Morgan fingerprint density at radius 2 is 1.79 bits per heavy atom. The summed E-state index contributed by atoms with van der Waals surface area (Å²) in [7, 11) is 0. The van der Waals surface area contributed by atoms with Gasteiger partial charge in [-0.05, 0) is 50.3 Å². The minimum atomic E-state index is -0.901. The monoisotopic (exact) mass is 464 g/mol. The Labute approximate surface area is 200 Å². The highest BCUT2D eigenvalue weighted by Gasteiger charge is 2.29. The molecule has 8 heteroatoms. The van der Waals surface area contributed by atoms with Crippen molar-refractivity contribution in [3.8, 4) is 6.07 Å². The number of aromatic nitrogens is 1. The second kappa shape index (κ2) is 11.0. The highest BCUT2D eigenvalue weighted by molar-refractivity contribution is 5.97. The number of nitrogens with zero attached hydrogens (tertiary/aromatic N) is 2. The summed E-state index contributed by atoms with van der Waals surface area (Å²) in [6.45, 7) is 6.89. The van der Waals surface area contributed by atoms with Crippen molar-refractivity contribution >= 4 is 23.6 Å². The van der Waals surface area contributed by atoms with Crippen molar-refractivity contribution in [2.75, 3.05) is 11.9 Å². The average Bonchev–Trinajstić information content (AvgIpc) is 3.42. The van der Waals surface area contributed by atoms with Crippen LogP contribution in [0.5, 0.6) is 0 Å². The largest absolute Gasteiger partial charge is 0.454 e. The first kappa shape index (κ1) is 25.0. The van der Waals surface area contributed by atoms with Crippen LogP contribution in [0.25, 0.3) is 0 Å². The summed E-state index contributed by atoms with van der Waals surface area (Å²) in [5.41, 5.74) is 2.66. The molecule has 0 unspecified atom stereocenters. The van der Waals surface area contributed by atoms with E-state index in [2.05, 4.69) is 16.7 Å². The summed E-state index contributed by atoms with van der Waals surface area (Å²) in [6, 6.07) is 10.1. The number of amides is 2. The van der Waals surface area contributed by atoms with E-state index >= 15 is 0 Å². The zero-order valence-corrected chi connectivity index (χ0v) is 20.2. The maximum Gasteiger partial charge on any atom is 0.329 e. The second-order valence-electron chi connectivity index (χ2n) is 9.07. The number of anilines is 1. The van der Waals surface area contributed by atoms with Gasteiger partial charge in [0.15, 0.2) is 6.61 Å². The number of esters is 1. The molecule has 34 heavy (non-hydrogen) atoms. The van der Waals surface area contributed by atoms with Gasteiger partial charge in [-0.3, -0.25) is 9.59 Å². The first-order valence-corrected chi connectivity index (χ1v) is 11.7. The maximum atomic E-state index is 12.7. The third kappa shape index (κ3) is 5.48. The summed E-state index contributed by atoms with van der Waals surface area (Å²) < 4.78 is 7.29. The molecule has 1 fully saturated rings. The van der Waals surface area contributed by atoms with Gasteiger partial charge in [-0.15, -0.1) is 0 Å². The number of carbonyl (C=O) groups excluding carboxylic acids is 3. The normalized spacial score (nSPS) is 14.5. The molecule has 0 saturated heterocycles. The van der Waals surface area contributed by atoms with Crippen LogP contribution in [0.1, 0.15) is 72.8 Å². The minimum Gasteiger partial charge on any atom is -0.454 e. The highest BCUT2D eigenvalue weighted by atomic mass is 16.5. The van der Waals surface area contributed by atoms with Crippen molar-refractivity contribution < 1.29 is 19.1 Å². The molecule has 2 amide bonds. The van der Waals surface area contributed by atoms with Gasteiger partial charge < -0.3 is 19.9 Å². The molecule has 1 aliphatic carbocycles. The van der Waals surface area contributed by atoms with Crippen LogP contribution >= 0.6 is 0 Å². The third-order valence-corrected chi connectivity index (χ3v) is 6.40. The summed E-state index contributed by atoms with van der Waals surface area (Å²) in [6.07, 6.45) is 4.21. The van der Waals surface area contributed by atoms with Gasteiger partial charge in [0.05, 0.1) is 5.56 Å². The van der Waals surface area contributed by atoms with E-state index in [0.29, 0.717) is 16.9 Å². The smallest absolute Gasteiger partial charge is 0.329 e. The van der Waals surface area contributed by atoms with Crippen molar-refractivity contribution in [1.29, 1.82) is 5.26 Å². The van der Waals surface area contributed by atoms with Crippen molar-refractivity contribution in [2.24, 2.45) is 5.92 Å². The summed E-state index contributed by atoms with van der Waals surface area (Å²) in [5, 5.41) is 15.2. The molecule has 8 nitrogen and oxygen atoms in total. The fourth-order valence-corrected chi connectivity index (χ4v) is 4.41. The predicted octanol–water partition coefficient (Wildman–Crippen LogP) is 4.03. The van der Waals surface area contributed by atoms with E-state index in [-0.39, 0.29) is 17.9 Å². The molecular weight excluding hydrogens is 432 g/mol. The predicted molar refractivity (Wildman–Crippen MR) is 128 cm³/mol. The lowest BCUT2D eigenvalue weighted by molar-refractivity contribution is -0.150. The Bertz CT molecular complexity index is 1090. The van der Waals surface area contributed by atoms with E-state index in [1.165, 1.54) is 0 Å².